The number of carbonyl (C=O) groups excluding carboxylic acids is 2. The fourth-order valence-corrected chi connectivity index (χ4v) is 5.27. The summed E-state index contributed by atoms with van der Waals surface area (Å²) >= 11 is 4.41. The largest absolute Gasteiger partial charge is 0.497 e. The Morgan fingerprint density at radius 2 is 1.87 bits per heavy atom. The molecule has 0 aromatic heterocycles. The van der Waals surface area contributed by atoms with Crippen molar-refractivity contribution in [3.8, 4) is 5.75 Å². The van der Waals surface area contributed by atoms with Gasteiger partial charge in [0, 0.05) is 23.1 Å². The number of nitrogens with zero attached hydrogens (tertiary/aromatic N) is 2. The van der Waals surface area contributed by atoms with E-state index >= 15 is 0 Å². The van der Waals surface area contributed by atoms with Gasteiger partial charge in [0.1, 0.15) is 11.0 Å². The number of amidine groups is 1. The van der Waals surface area contributed by atoms with Gasteiger partial charge in [-0.25, -0.2) is 4.99 Å². The van der Waals surface area contributed by atoms with Gasteiger partial charge >= 0.3 is 6.18 Å². The van der Waals surface area contributed by atoms with Crippen LogP contribution in [-0.4, -0.2) is 40.8 Å². The van der Waals surface area contributed by atoms with Crippen molar-refractivity contribution < 1.29 is 27.5 Å². The van der Waals surface area contributed by atoms with E-state index in [1.165, 1.54) is 17.0 Å². The lowest BCUT2D eigenvalue weighted by Gasteiger charge is -2.32. The Morgan fingerprint density at radius 1 is 1.13 bits per heavy atom. The van der Waals surface area contributed by atoms with Crippen LogP contribution in [0.4, 0.5) is 24.5 Å². The van der Waals surface area contributed by atoms with Gasteiger partial charge in [-0.15, -0.1) is 0 Å². The Morgan fingerprint density at radius 3 is 2.55 bits per heavy atom. The third kappa shape index (κ3) is 7.16. The van der Waals surface area contributed by atoms with Gasteiger partial charge in [0.2, 0.25) is 11.8 Å². The van der Waals surface area contributed by atoms with Crippen molar-refractivity contribution in [3.05, 3.63) is 88.4 Å². The highest BCUT2D eigenvalue weighted by molar-refractivity contribution is 9.10. The fourth-order valence-electron chi connectivity index (χ4n) is 3.75. The van der Waals surface area contributed by atoms with Gasteiger partial charge in [-0.1, -0.05) is 52.0 Å². The van der Waals surface area contributed by atoms with Crippen molar-refractivity contribution in [1.82, 2.24) is 4.90 Å². The van der Waals surface area contributed by atoms with E-state index in [4.69, 9.17) is 4.74 Å². The predicted molar refractivity (Wildman–Crippen MR) is 146 cm³/mol. The molecule has 1 atom stereocenters. The molecular weight excluding hydrogens is 583 g/mol. The summed E-state index contributed by atoms with van der Waals surface area (Å²) in [5.74, 6) is -0.0326. The van der Waals surface area contributed by atoms with E-state index in [0.29, 0.717) is 17.9 Å². The number of nitrogens with one attached hydrogen (secondary N) is 1. The first kappa shape index (κ1) is 27.7. The molecule has 1 fully saturated rings. The first-order valence-corrected chi connectivity index (χ1v) is 13.2. The Labute approximate surface area is 230 Å². The van der Waals surface area contributed by atoms with Crippen molar-refractivity contribution in [2.75, 3.05) is 19.0 Å². The minimum atomic E-state index is -4.54. The molecule has 1 saturated heterocycles. The molecule has 11 heteroatoms. The van der Waals surface area contributed by atoms with Crippen LogP contribution in [0.2, 0.25) is 0 Å². The summed E-state index contributed by atoms with van der Waals surface area (Å²) in [6.45, 7) is 0.246. The molecule has 38 heavy (non-hydrogen) atoms. The molecule has 1 aliphatic rings. The van der Waals surface area contributed by atoms with E-state index in [9.17, 15) is 22.8 Å². The first-order chi connectivity index (χ1) is 18.1. The standard InChI is InChI=1S/C27H23BrF3N3O3S/c1-37-22-10-8-17(9-11-22)12-13-34-24(35)16-23(25(36)32-21-7-3-5-19(28)15-21)38-26(34)33-20-6-2-4-18(14-20)27(29,30)31/h2-11,14-15,23H,12-13,16H2,1H3,(H,32,36). The molecule has 3 aromatic carbocycles. The van der Waals surface area contributed by atoms with E-state index in [-0.39, 0.29) is 29.7 Å². The molecule has 1 aliphatic heterocycles. The number of anilines is 1. The maximum atomic E-state index is 13.3. The molecule has 0 aliphatic carbocycles. The summed E-state index contributed by atoms with van der Waals surface area (Å²) in [7, 11) is 1.57. The second-order valence-corrected chi connectivity index (χ2v) is 10.5. The van der Waals surface area contributed by atoms with Crippen LogP contribution >= 0.6 is 27.7 Å². The number of methoxy groups -OCH3 is 1. The van der Waals surface area contributed by atoms with E-state index in [0.717, 1.165) is 33.9 Å². The topological polar surface area (TPSA) is 71.0 Å². The normalized spacial score (nSPS) is 17.0. The summed E-state index contributed by atoms with van der Waals surface area (Å²) in [5, 5.41) is 2.16. The molecule has 0 spiro atoms. The van der Waals surface area contributed by atoms with Crippen LogP contribution in [0.5, 0.6) is 5.75 Å². The van der Waals surface area contributed by atoms with Crippen molar-refractivity contribution >= 4 is 56.0 Å². The van der Waals surface area contributed by atoms with Crippen LogP contribution in [-0.2, 0) is 22.2 Å². The number of aliphatic imine (C=N–C) groups is 1. The quantitative estimate of drug-likeness (QED) is 0.326. The zero-order chi connectivity index (χ0) is 27.3. The SMILES string of the molecule is COc1ccc(CCN2C(=O)CC(C(=O)Nc3cccc(Br)c3)SC2=Nc2cccc(C(F)(F)F)c2)cc1. The Kier molecular flexibility index (Phi) is 8.78. The average molecular weight is 606 g/mol. The predicted octanol–water partition coefficient (Wildman–Crippen LogP) is 6.68. The molecule has 0 radical (unpaired) electrons. The van der Waals surface area contributed by atoms with E-state index < -0.39 is 22.9 Å². The molecule has 0 bridgehead atoms. The summed E-state index contributed by atoms with van der Waals surface area (Å²) in [6, 6.07) is 19.0. The Hall–Kier alpha value is -3.31. The molecular formula is C27H23BrF3N3O3S. The van der Waals surface area contributed by atoms with Crippen LogP contribution < -0.4 is 10.1 Å². The number of alkyl halides is 3. The van der Waals surface area contributed by atoms with E-state index in [1.54, 1.807) is 25.3 Å². The van der Waals surface area contributed by atoms with Crippen LogP contribution in [0.3, 0.4) is 0 Å². The van der Waals surface area contributed by atoms with Crippen LogP contribution in [0.25, 0.3) is 0 Å². The number of amides is 2. The van der Waals surface area contributed by atoms with Gasteiger partial charge in [-0.2, -0.15) is 13.2 Å². The number of carbonyl (C=O) groups is 2. The molecule has 1 N–H and O–H groups in total. The maximum Gasteiger partial charge on any atom is 0.416 e. The number of halogens is 4. The molecule has 198 valence electrons. The lowest BCUT2D eigenvalue weighted by Crippen LogP contribution is -2.46. The minimum Gasteiger partial charge on any atom is -0.497 e. The van der Waals surface area contributed by atoms with Crippen molar-refractivity contribution in [3.63, 3.8) is 0 Å². The van der Waals surface area contributed by atoms with Gasteiger partial charge in [0.05, 0.1) is 18.4 Å². The summed E-state index contributed by atoms with van der Waals surface area (Å²) in [4.78, 5) is 32.1. The number of ether oxygens (including phenoxy) is 1. The third-order valence-electron chi connectivity index (χ3n) is 5.71. The highest BCUT2D eigenvalue weighted by Gasteiger charge is 2.36. The molecule has 3 aromatic rings. The van der Waals surface area contributed by atoms with E-state index in [1.807, 2.05) is 30.3 Å². The molecule has 6 nitrogen and oxygen atoms in total. The fraction of sp³-hybridized carbons (Fsp3) is 0.222. The van der Waals surface area contributed by atoms with Gasteiger partial charge in [0.25, 0.3) is 0 Å². The number of hydrogen-bond acceptors (Lipinski definition) is 5. The monoisotopic (exact) mass is 605 g/mol. The summed E-state index contributed by atoms with van der Waals surface area (Å²) in [6.07, 6.45) is -4.13. The molecule has 1 unspecified atom stereocenters. The minimum absolute atomic E-state index is 0.0395. The second-order valence-electron chi connectivity index (χ2n) is 8.40. The Balaban J connectivity index is 1.59. The maximum absolute atomic E-state index is 13.3. The van der Waals surface area contributed by atoms with Gasteiger partial charge < -0.3 is 10.1 Å². The molecule has 2 amide bonds. The average Bonchev–Trinajstić information content (AvgIpc) is 2.88. The van der Waals surface area contributed by atoms with Crippen molar-refractivity contribution in [2.45, 2.75) is 24.3 Å². The zero-order valence-corrected chi connectivity index (χ0v) is 22.6. The van der Waals surface area contributed by atoms with Crippen LogP contribution in [0.1, 0.15) is 17.5 Å². The number of rotatable bonds is 7. The van der Waals surface area contributed by atoms with Gasteiger partial charge in [-0.05, 0) is 60.5 Å². The highest BCUT2D eigenvalue weighted by atomic mass is 79.9. The van der Waals surface area contributed by atoms with Gasteiger partial charge in [-0.3, -0.25) is 14.5 Å². The summed E-state index contributed by atoms with van der Waals surface area (Å²) in [5.41, 5.74) is 0.685. The van der Waals surface area contributed by atoms with Crippen LogP contribution in [0.15, 0.2) is 82.3 Å². The Bertz CT molecular complexity index is 1350. The number of thioether (sulfide) groups is 1. The smallest absolute Gasteiger partial charge is 0.416 e. The lowest BCUT2D eigenvalue weighted by molar-refractivity contribution is -0.137. The van der Waals surface area contributed by atoms with Gasteiger partial charge in [0.15, 0.2) is 5.17 Å². The second kappa shape index (κ2) is 12.0. The third-order valence-corrected chi connectivity index (χ3v) is 7.39. The summed E-state index contributed by atoms with van der Waals surface area (Å²) < 4.78 is 45.8. The first-order valence-electron chi connectivity index (χ1n) is 11.5. The van der Waals surface area contributed by atoms with Crippen LogP contribution in [0, 0.1) is 0 Å². The molecule has 4 rings (SSSR count). The van der Waals surface area contributed by atoms with Crippen molar-refractivity contribution in [2.24, 2.45) is 4.99 Å². The van der Waals surface area contributed by atoms with Crippen molar-refractivity contribution in [1.29, 1.82) is 0 Å². The zero-order valence-electron chi connectivity index (χ0n) is 20.2. The number of hydrogen-bond donors (Lipinski definition) is 1. The van der Waals surface area contributed by atoms with E-state index in [2.05, 4.69) is 26.2 Å². The number of benzene rings is 3. The molecule has 1 heterocycles. The highest BCUT2D eigenvalue weighted by Crippen LogP contribution is 2.34. The molecule has 0 saturated carbocycles. The lowest BCUT2D eigenvalue weighted by atomic mass is 10.1.